The zero-order valence-corrected chi connectivity index (χ0v) is 21.1. The molecule has 192 valence electrons. The summed E-state index contributed by atoms with van der Waals surface area (Å²) in [6.07, 6.45) is 8.83. The van der Waals surface area contributed by atoms with Crippen LogP contribution < -0.4 is 21.4 Å². The first kappa shape index (κ1) is 25.9. The van der Waals surface area contributed by atoms with Gasteiger partial charge in [0.1, 0.15) is 5.75 Å². The number of aromatic carboxylic acids is 1. The zero-order valence-electron chi connectivity index (χ0n) is 20.3. The molecule has 0 amide bonds. The molecular weight excluding hydrogens is 498 g/mol. The highest BCUT2D eigenvalue weighted by Gasteiger charge is 2.16. The summed E-state index contributed by atoms with van der Waals surface area (Å²) in [5.74, 6) is -0.0967. The summed E-state index contributed by atoms with van der Waals surface area (Å²) in [7, 11) is 0. The topological polar surface area (TPSA) is 128 Å². The summed E-state index contributed by atoms with van der Waals surface area (Å²) in [5, 5.41) is 12.3. The average Bonchev–Trinajstić information content (AvgIpc) is 2.87. The van der Waals surface area contributed by atoms with Crippen molar-refractivity contribution in [3.05, 3.63) is 91.9 Å². The molecule has 1 aromatic carbocycles. The van der Waals surface area contributed by atoms with E-state index >= 15 is 0 Å². The highest BCUT2D eigenvalue weighted by Crippen LogP contribution is 2.32. The van der Waals surface area contributed by atoms with Gasteiger partial charge in [-0.15, -0.1) is 0 Å². The number of hydrogen-bond acceptors (Lipinski definition) is 7. The first-order chi connectivity index (χ1) is 17.7. The van der Waals surface area contributed by atoms with E-state index in [0.29, 0.717) is 18.0 Å². The Balaban J connectivity index is 1.61. The monoisotopic (exact) mass is 523 g/mol. The number of carboxylic acids is 1. The van der Waals surface area contributed by atoms with Crippen molar-refractivity contribution in [2.24, 2.45) is 5.92 Å². The van der Waals surface area contributed by atoms with Crippen LogP contribution >= 0.6 is 11.6 Å². The molecule has 4 rings (SSSR count). The number of benzene rings is 1. The largest absolute Gasteiger partial charge is 0.478 e. The molecule has 1 atom stereocenters. The summed E-state index contributed by atoms with van der Waals surface area (Å²) in [5.41, 5.74) is 0.400. The van der Waals surface area contributed by atoms with E-state index in [1.165, 1.54) is 22.9 Å². The fourth-order valence-electron chi connectivity index (χ4n) is 3.72. The van der Waals surface area contributed by atoms with Crippen LogP contribution in [0, 0.1) is 5.92 Å². The van der Waals surface area contributed by atoms with Crippen LogP contribution in [0.4, 0.5) is 11.6 Å². The molecule has 1 unspecified atom stereocenters. The third kappa shape index (κ3) is 6.15. The van der Waals surface area contributed by atoms with Gasteiger partial charge in [-0.3, -0.25) is 4.57 Å². The highest BCUT2D eigenvalue weighted by atomic mass is 35.5. The molecule has 0 spiro atoms. The number of ether oxygens (including phenoxy) is 1. The number of carboxylic acid groups (broad SMARTS) is 1. The van der Waals surface area contributed by atoms with E-state index in [0.717, 1.165) is 16.6 Å². The lowest BCUT2D eigenvalue weighted by molar-refractivity contribution is 0.0696. The quantitative estimate of drug-likeness (QED) is 0.415. The number of nitrogens with zero attached hydrogens (tertiary/aromatic N) is 4. The van der Waals surface area contributed by atoms with Gasteiger partial charge in [0.2, 0.25) is 11.8 Å². The average molecular weight is 524 g/mol. The van der Waals surface area contributed by atoms with E-state index in [9.17, 15) is 14.4 Å². The van der Waals surface area contributed by atoms with Crippen LogP contribution in [0.15, 0.2) is 69.9 Å². The van der Waals surface area contributed by atoms with Crippen LogP contribution in [0.25, 0.3) is 0 Å². The van der Waals surface area contributed by atoms with E-state index in [1.807, 2.05) is 13.0 Å². The summed E-state index contributed by atoms with van der Waals surface area (Å²) in [6, 6.07) is 7.61. The Morgan fingerprint density at radius 3 is 2.68 bits per heavy atom. The Morgan fingerprint density at radius 2 is 2.05 bits per heavy atom. The predicted molar refractivity (Wildman–Crippen MR) is 140 cm³/mol. The van der Waals surface area contributed by atoms with Gasteiger partial charge in [-0.25, -0.2) is 23.9 Å². The van der Waals surface area contributed by atoms with E-state index in [2.05, 4.69) is 34.4 Å². The van der Waals surface area contributed by atoms with Crippen molar-refractivity contribution in [1.29, 1.82) is 0 Å². The number of pyridine rings is 1. The standard InChI is InChI=1S/C26H26ClN5O5/c1-3-12-31-25(35)30-24(32(26(31)36)15-17-6-4-16(2)5-7-17)29-19-9-10-21(20(27)13-19)37-22-11-8-18(14-28-22)23(33)34/h4,6-11,13-14,16H,3,5,12,15H2,1-2H3,(H,33,34)(H,29,30,35). The number of hydrogen-bond donors (Lipinski definition) is 2. The molecule has 0 aliphatic heterocycles. The molecule has 2 N–H and O–H groups in total. The summed E-state index contributed by atoms with van der Waals surface area (Å²) >= 11 is 6.41. The SMILES string of the molecule is CCCn1c(=O)nc(Nc2ccc(Oc3ccc(C(=O)O)cn3)c(Cl)c2)n(CC2=CCC(C)C=C2)c1=O. The molecule has 10 nitrogen and oxygen atoms in total. The third-order valence-corrected chi connectivity index (χ3v) is 6.01. The van der Waals surface area contributed by atoms with Gasteiger partial charge < -0.3 is 15.2 Å². The maximum Gasteiger partial charge on any atom is 0.354 e. The van der Waals surface area contributed by atoms with Crippen LogP contribution in [0.5, 0.6) is 11.6 Å². The number of aromatic nitrogens is 4. The normalized spacial score (nSPS) is 14.8. The van der Waals surface area contributed by atoms with Crippen LogP contribution in [-0.4, -0.2) is 30.2 Å². The molecule has 1 aliphatic carbocycles. The molecule has 37 heavy (non-hydrogen) atoms. The number of rotatable bonds is 9. The Labute approximate surface area is 217 Å². The van der Waals surface area contributed by atoms with Crippen molar-refractivity contribution in [3.8, 4) is 11.6 Å². The number of allylic oxidation sites excluding steroid dienone is 4. The number of anilines is 2. The van der Waals surface area contributed by atoms with Crippen LogP contribution in [0.3, 0.4) is 0 Å². The van der Waals surface area contributed by atoms with Gasteiger partial charge in [-0.1, -0.05) is 43.7 Å². The first-order valence-electron chi connectivity index (χ1n) is 11.8. The van der Waals surface area contributed by atoms with E-state index in [-0.39, 0.29) is 41.3 Å². The van der Waals surface area contributed by atoms with Gasteiger partial charge in [-0.2, -0.15) is 4.98 Å². The van der Waals surface area contributed by atoms with Gasteiger partial charge >= 0.3 is 17.3 Å². The van der Waals surface area contributed by atoms with Crippen molar-refractivity contribution in [2.75, 3.05) is 5.32 Å². The van der Waals surface area contributed by atoms with Gasteiger partial charge in [0.15, 0.2) is 0 Å². The maximum absolute atomic E-state index is 13.2. The molecule has 2 aromatic heterocycles. The molecule has 0 radical (unpaired) electrons. The van der Waals surface area contributed by atoms with E-state index in [1.54, 1.807) is 18.2 Å². The van der Waals surface area contributed by atoms with Crippen LogP contribution in [0.1, 0.15) is 37.0 Å². The van der Waals surface area contributed by atoms with E-state index < -0.39 is 17.3 Å². The van der Waals surface area contributed by atoms with Gasteiger partial charge in [0.25, 0.3) is 0 Å². The Hall–Kier alpha value is -4.18. The van der Waals surface area contributed by atoms with Crippen molar-refractivity contribution in [3.63, 3.8) is 0 Å². The molecule has 0 fully saturated rings. The smallest absolute Gasteiger partial charge is 0.354 e. The summed E-state index contributed by atoms with van der Waals surface area (Å²) in [6.45, 7) is 4.53. The minimum Gasteiger partial charge on any atom is -0.478 e. The van der Waals surface area contributed by atoms with Crippen molar-refractivity contribution < 1.29 is 14.6 Å². The Morgan fingerprint density at radius 1 is 1.24 bits per heavy atom. The summed E-state index contributed by atoms with van der Waals surface area (Å²) < 4.78 is 8.23. The molecule has 2 heterocycles. The molecule has 0 saturated heterocycles. The summed E-state index contributed by atoms with van der Waals surface area (Å²) in [4.78, 5) is 44.9. The second kappa shape index (κ2) is 11.3. The lowest BCUT2D eigenvalue weighted by atomic mass is 9.98. The number of nitrogens with one attached hydrogen (secondary N) is 1. The Kier molecular flexibility index (Phi) is 7.88. The molecule has 11 heteroatoms. The van der Waals surface area contributed by atoms with Gasteiger partial charge in [0.05, 0.1) is 17.1 Å². The molecule has 3 aromatic rings. The molecular formula is C26H26ClN5O5. The number of carbonyl (C=O) groups is 1. The lowest BCUT2D eigenvalue weighted by Crippen LogP contribution is -2.42. The number of halogens is 1. The van der Waals surface area contributed by atoms with Crippen molar-refractivity contribution in [1.82, 2.24) is 19.1 Å². The second-order valence-electron chi connectivity index (χ2n) is 8.65. The van der Waals surface area contributed by atoms with Crippen molar-refractivity contribution in [2.45, 2.75) is 39.8 Å². The minimum absolute atomic E-state index is 0.0337. The Bertz CT molecular complexity index is 1490. The van der Waals surface area contributed by atoms with Gasteiger partial charge in [0, 0.05) is 24.5 Å². The van der Waals surface area contributed by atoms with Crippen molar-refractivity contribution >= 4 is 29.2 Å². The van der Waals surface area contributed by atoms with E-state index in [4.69, 9.17) is 21.4 Å². The first-order valence-corrected chi connectivity index (χ1v) is 12.2. The van der Waals surface area contributed by atoms with Gasteiger partial charge in [-0.05, 0) is 48.6 Å². The molecule has 1 aliphatic rings. The molecule has 0 bridgehead atoms. The lowest BCUT2D eigenvalue weighted by Gasteiger charge is -2.18. The minimum atomic E-state index is -1.09. The van der Waals surface area contributed by atoms with Crippen LogP contribution in [-0.2, 0) is 13.1 Å². The second-order valence-corrected chi connectivity index (χ2v) is 9.06. The zero-order chi connectivity index (χ0) is 26.5. The van der Waals surface area contributed by atoms with Crippen LogP contribution in [0.2, 0.25) is 5.02 Å². The molecule has 0 saturated carbocycles. The third-order valence-electron chi connectivity index (χ3n) is 5.71. The predicted octanol–water partition coefficient (Wildman–Crippen LogP) is 4.62. The maximum atomic E-state index is 13.2. The highest BCUT2D eigenvalue weighted by molar-refractivity contribution is 6.32. The fraction of sp³-hybridized carbons (Fsp3) is 0.269. The fourth-order valence-corrected chi connectivity index (χ4v) is 3.94.